The van der Waals surface area contributed by atoms with Crippen LogP contribution in [-0.2, 0) is 14.8 Å². The number of aromatic nitrogens is 1. The average Bonchev–Trinajstić information content (AvgIpc) is 2.85. The fraction of sp³-hybridized carbons (Fsp3) is 0.714. The molecular formula is C14H23N3O5S. The molecule has 1 aromatic rings. The van der Waals surface area contributed by atoms with Crippen LogP contribution in [0.1, 0.15) is 44.2 Å². The predicted molar refractivity (Wildman–Crippen MR) is 84.7 cm³/mol. The molecule has 1 aromatic heterocycles. The first-order valence-corrected chi connectivity index (χ1v) is 9.30. The maximum absolute atomic E-state index is 11.9. The minimum atomic E-state index is -3.14. The third kappa shape index (κ3) is 5.21. The van der Waals surface area contributed by atoms with Gasteiger partial charge in [0.2, 0.25) is 15.8 Å². The third-order valence-electron chi connectivity index (χ3n) is 3.36. The second-order valence-electron chi connectivity index (χ2n) is 6.61. The molecule has 1 aliphatic heterocycles. The fourth-order valence-electron chi connectivity index (χ4n) is 2.27. The molecule has 0 radical (unpaired) electrons. The summed E-state index contributed by atoms with van der Waals surface area (Å²) in [7, 11) is -3.14. The molecule has 1 fully saturated rings. The number of hydrogen-bond acceptors (Lipinski definition) is 7. The number of piperidine rings is 1. The van der Waals surface area contributed by atoms with Gasteiger partial charge in [0.1, 0.15) is 5.60 Å². The van der Waals surface area contributed by atoms with Crippen LogP contribution in [0.4, 0.5) is 6.01 Å². The number of nitrogens with zero attached hydrogens (tertiary/aromatic N) is 2. The van der Waals surface area contributed by atoms with Gasteiger partial charge in [-0.2, -0.15) is 0 Å². The van der Waals surface area contributed by atoms with Gasteiger partial charge in [0.15, 0.2) is 0 Å². The van der Waals surface area contributed by atoms with Gasteiger partial charge in [0, 0.05) is 19.1 Å². The Balaban J connectivity index is 1.90. The van der Waals surface area contributed by atoms with Crippen molar-refractivity contribution in [3.05, 3.63) is 12.0 Å². The first-order chi connectivity index (χ1) is 10.5. The molecule has 1 aliphatic rings. The lowest BCUT2D eigenvalue weighted by Crippen LogP contribution is -2.41. The second kappa shape index (κ2) is 6.48. The summed E-state index contributed by atoms with van der Waals surface area (Å²) in [6.45, 7) is 6.23. The zero-order chi connectivity index (χ0) is 17.3. The third-order valence-corrected chi connectivity index (χ3v) is 4.66. The van der Waals surface area contributed by atoms with E-state index < -0.39 is 21.6 Å². The van der Waals surface area contributed by atoms with Crippen LogP contribution in [-0.4, -0.2) is 54.7 Å². The van der Waals surface area contributed by atoms with Gasteiger partial charge in [-0.1, -0.05) is 0 Å². The maximum Gasteiger partial charge on any atom is 0.376 e. The molecule has 0 bridgehead atoms. The second-order valence-corrected chi connectivity index (χ2v) is 8.59. The molecule has 2 heterocycles. The van der Waals surface area contributed by atoms with Gasteiger partial charge < -0.3 is 14.5 Å². The van der Waals surface area contributed by atoms with Crippen molar-refractivity contribution in [1.82, 2.24) is 9.29 Å². The summed E-state index contributed by atoms with van der Waals surface area (Å²) < 4.78 is 34.9. The summed E-state index contributed by atoms with van der Waals surface area (Å²) in [5, 5.41) is 3.08. The SMILES string of the molecule is CC(C)(C)OC(=O)c1cnc(NC2CCN(S(C)(=O)=O)CC2)o1. The van der Waals surface area contributed by atoms with E-state index in [1.54, 1.807) is 20.8 Å². The van der Waals surface area contributed by atoms with Gasteiger partial charge in [0.05, 0.1) is 12.5 Å². The Morgan fingerprint density at radius 1 is 1.39 bits per heavy atom. The van der Waals surface area contributed by atoms with E-state index in [0.29, 0.717) is 25.9 Å². The molecule has 0 atom stereocenters. The van der Waals surface area contributed by atoms with Gasteiger partial charge in [-0.25, -0.2) is 22.5 Å². The van der Waals surface area contributed by atoms with Crippen LogP contribution in [0.2, 0.25) is 0 Å². The Bertz CT molecular complexity index is 654. The Morgan fingerprint density at radius 2 is 2.00 bits per heavy atom. The Morgan fingerprint density at radius 3 is 2.52 bits per heavy atom. The number of carbonyl (C=O) groups excluding carboxylic acids is 1. The lowest BCUT2D eigenvalue weighted by atomic mass is 10.1. The molecule has 0 spiro atoms. The van der Waals surface area contributed by atoms with E-state index in [1.807, 2.05) is 0 Å². The van der Waals surface area contributed by atoms with E-state index in [1.165, 1.54) is 16.8 Å². The minimum absolute atomic E-state index is 0.0380. The topological polar surface area (TPSA) is 102 Å². The molecule has 0 amide bonds. The molecule has 0 saturated carbocycles. The highest BCUT2D eigenvalue weighted by molar-refractivity contribution is 7.88. The standard InChI is InChI=1S/C14H23N3O5S/c1-14(2,3)22-12(18)11-9-15-13(21-11)16-10-5-7-17(8-6-10)23(4,19)20/h9-10H,5-8H2,1-4H3,(H,15,16). The van der Waals surface area contributed by atoms with E-state index in [0.717, 1.165) is 0 Å². The monoisotopic (exact) mass is 345 g/mol. The highest BCUT2D eigenvalue weighted by atomic mass is 32.2. The van der Waals surface area contributed by atoms with Crippen molar-refractivity contribution < 1.29 is 22.4 Å². The molecule has 0 aliphatic carbocycles. The summed E-state index contributed by atoms with van der Waals surface area (Å²) in [4.78, 5) is 15.9. The quantitative estimate of drug-likeness (QED) is 0.824. The molecule has 0 aromatic carbocycles. The Kier molecular flexibility index (Phi) is 5.00. The zero-order valence-corrected chi connectivity index (χ0v) is 14.6. The molecule has 23 heavy (non-hydrogen) atoms. The molecular weight excluding hydrogens is 322 g/mol. The van der Waals surface area contributed by atoms with Gasteiger partial charge in [-0.3, -0.25) is 0 Å². The van der Waals surface area contributed by atoms with E-state index in [2.05, 4.69) is 10.3 Å². The summed E-state index contributed by atoms with van der Waals surface area (Å²) in [6.07, 6.45) is 3.83. The van der Waals surface area contributed by atoms with Crippen molar-refractivity contribution in [2.75, 3.05) is 24.7 Å². The molecule has 1 saturated heterocycles. The number of anilines is 1. The van der Waals surface area contributed by atoms with E-state index in [-0.39, 0.29) is 17.8 Å². The van der Waals surface area contributed by atoms with Crippen LogP contribution in [0.5, 0.6) is 0 Å². The molecule has 1 N–H and O–H groups in total. The van der Waals surface area contributed by atoms with Crippen molar-refractivity contribution in [3.8, 4) is 0 Å². The van der Waals surface area contributed by atoms with E-state index in [4.69, 9.17) is 9.15 Å². The largest absolute Gasteiger partial charge is 0.454 e. The van der Waals surface area contributed by atoms with Crippen molar-refractivity contribution >= 4 is 22.0 Å². The number of rotatable bonds is 4. The average molecular weight is 345 g/mol. The number of hydrogen-bond donors (Lipinski definition) is 1. The van der Waals surface area contributed by atoms with E-state index in [9.17, 15) is 13.2 Å². The minimum Gasteiger partial charge on any atom is -0.454 e. The Labute approximate surface area is 136 Å². The molecule has 9 heteroatoms. The number of ether oxygens (including phenoxy) is 1. The van der Waals surface area contributed by atoms with Crippen molar-refractivity contribution in [3.63, 3.8) is 0 Å². The lowest BCUT2D eigenvalue weighted by Gasteiger charge is -2.30. The first-order valence-electron chi connectivity index (χ1n) is 7.45. The molecule has 8 nitrogen and oxygen atoms in total. The van der Waals surface area contributed by atoms with Crippen LogP contribution >= 0.6 is 0 Å². The van der Waals surface area contributed by atoms with Crippen molar-refractivity contribution in [2.24, 2.45) is 0 Å². The van der Waals surface area contributed by atoms with Gasteiger partial charge >= 0.3 is 5.97 Å². The number of nitrogens with one attached hydrogen (secondary N) is 1. The highest BCUT2D eigenvalue weighted by Crippen LogP contribution is 2.19. The summed E-state index contributed by atoms with van der Waals surface area (Å²) in [5.74, 6) is -0.527. The van der Waals surface area contributed by atoms with Gasteiger partial charge in [0.25, 0.3) is 6.01 Å². The smallest absolute Gasteiger partial charge is 0.376 e. The number of carbonyl (C=O) groups is 1. The lowest BCUT2D eigenvalue weighted by molar-refractivity contribution is 0.00368. The van der Waals surface area contributed by atoms with Crippen LogP contribution < -0.4 is 5.32 Å². The van der Waals surface area contributed by atoms with Crippen LogP contribution in [0.3, 0.4) is 0 Å². The number of sulfonamides is 1. The summed E-state index contributed by atoms with van der Waals surface area (Å²) >= 11 is 0. The highest BCUT2D eigenvalue weighted by Gasteiger charge is 2.26. The van der Waals surface area contributed by atoms with Crippen LogP contribution in [0.25, 0.3) is 0 Å². The number of esters is 1. The van der Waals surface area contributed by atoms with Gasteiger partial charge in [-0.05, 0) is 33.6 Å². The fourth-order valence-corrected chi connectivity index (χ4v) is 3.14. The maximum atomic E-state index is 11.9. The first kappa shape index (κ1) is 17.7. The number of oxazole rings is 1. The zero-order valence-electron chi connectivity index (χ0n) is 13.8. The summed E-state index contributed by atoms with van der Waals surface area (Å²) in [6, 6.07) is 0.293. The molecule has 2 rings (SSSR count). The van der Waals surface area contributed by atoms with Crippen molar-refractivity contribution in [1.29, 1.82) is 0 Å². The molecule has 0 unspecified atom stereocenters. The van der Waals surface area contributed by atoms with Gasteiger partial charge in [-0.15, -0.1) is 0 Å². The van der Waals surface area contributed by atoms with E-state index >= 15 is 0 Å². The van der Waals surface area contributed by atoms with Crippen molar-refractivity contribution in [2.45, 2.75) is 45.3 Å². The van der Waals surface area contributed by atoms with Crippen LogP contribution in [0, 0.1) is 0 Å². The van der Waals surface area contributed by atoms with Crippen LogP contribution in [0.15, 0.2) is 10.6 Å². The normalized spacial score (nSPS) is 17.9. The molecule has 130 valence electrons. The predicted octanol–water partition coefficient (Wildman–Crippen LogP) is 1.47. The Hall–Kier alpha value is -1.61. The summed E-state index contributed by atoms with van der Waals surface area (Å²) in [5.41, 5.74) is -0.601.